The normalized spacial score (nSPS) is 7.67. The smallest absolute Gasteiger partial charge is 0.290 e. The highest BCUT2D eigenvalue weighted by Gasteiger charge is 1.88. The van der Waals surface area contributed by atoms with Gasteiger partial charge in [0.05, 0.1) is 0 Å². The van der Waals surface area contributed by atoms with E-state index < -0.39 is 8.53 Å². The largest absolute Gasteiger partial charge is 0.333 e. The van der Waals surface area contributed by atoms with Crippen LogP contribution in [0.2, 0.25) is 0 Å². The highest BCUT2D eigenvalue weighted by molar-refractivity contribution is 7.42. The van der Waals surface area contributed by atoms with E-state index in [9.17, 15) is 0 Å². The maximum Gasteiger partial charge on any atom is 0.290 e. The second kappa shape index (κ2) is 2.86. The molecule has 34 valence electrons. The molecule has 0 saturated carbocycles. The van der Waals surface area contributed by atoms with Crippen molar-refractivity contribution < 1.29 is 9.79 Å². The molecule has 0 amide bonds. The summed E-state index contributed by atoms with van der Waals surface area (Å²) in [7, 11) is -2.21. The van der Waals surface area contributed by atoms with Crippen LogP contribution in [-0.2, 0) is 0 Å². The van der Waals surface area contributed by atoms with Gasteiger partial charge in [0.25, 0.3) is 8.53 Å². The minimum atomic E-state index is -2.21. The molecule has 0 radical (unpaired) electrons. The van der Waals surface area contributed by atoms with Crippen LogP contribution in [0.3, 0.4) is 0 Å². The number of nitrogens with zero attached hydrogens (tertiary/aromatic N) is 1. The molecule has 0 unspecified atom stereocenters. The van der Waals surface area contributed by atoms with E-state index in [1.807, 2.05) is 0 Å². The predicted molar refractivity (Wildman–Crippen MR) is 20.1 cm³/mol. The van der Waals surface area contributed by atoms with Crippen LogP contribution in [0, 0.1) is 11.5 Å². The fourth-order valence-electron chi connectivity index (χ4n) is 0.0447. The van der Waals surface area contributed by atoms with Gasteiger partial charge in [0.15, 0.2) is 6.19 Å². The fraction of sp³-hybridized carbons (Fsp3) is 0. The van der Waals surface area contributed by atoms with Gasteiger partial charge in [0.2, 0.25) is 0 Å². The first-order chi connectivity index (χ1) is 2.77. The molecule has 0 aliphatic carbocycles. The van der Waals surface area contributed by atoms with Gasteiger partial charge >= 0.3 is 0 Å². The summed E-state index contributed by atoms with van der Waals surface area (Å²) >= 11 is 0. The summed E-state index contributed by atoms with van der Waals surface area (Å²) in [5.41, 5.74) is 0. The quantitative estimate of drug-likeness (QED) is 0.234. The fourth-order valence-corrected chi connectivity index (χ4v) is 0.134. The third-order valence-corrected chi connectivity index (χ3v) is 0.450. The van der Waals surface area contributed by atoms with Crippen LogP contribution in [-0.4, -0.2) is 9.79 Å². The van der Waals surface area contributed by atoms with E-state index in [1.54, 1.807) is 5.09 Å². The molecule has 5 heteroatoms. The number of rotatable bonds is 1. The Kier molecular flexibility index (Phi) is 2.68. The Bertz CT molecular complexity index is 66.4. The van der Waals surface area contributed by atoms with Crippen molar-refractivity contribution in [3.05, 3.63) is 0 Å². The first kappa shape index (κ1) is 5.64. The van der Waals surface area contributed by atoms with Crippen LogP contribution < -0.4 is 5.09 Å². The van der Waals surface area contributed by atoms with Gasteiger partial charge in [-0.05, 0) is 0 Å². The molecule has 0 rings (SSSR count). The summed E-state index contributed by atoms with van der Waals surface area (Å²) in [6.07, 6.45) is 1.35. The zero-order valence-electron chi connectivity index (χ0n) is 2.79. The lowest BCUT2D eigenvalue weighted by Crippen LogP contribution is -1.92. The molecule has 6 heavy (non-hydrogen) atoms. The lowest BCUT2D eigenvalue weighted by molar-refractivity contribution is 0.476. The van der Waals surface area contributed by atoms with E-state index in [4.69, 9.17) is 15.0 Å². The summed E-state index contributed by atoms with van der Waals surface area (Å²) in [5, 5.41) is 9.26. The second-order valence-corrected chi connectivity index (χ2v) is 1.32. The van der Waals surface area contributed by atoms with Gasteiger partial charge in [-0.25, -0.2) is 0 Å². The molecule has 0 aromatic heterocycles. The first-order valence-electron chi connectivity index (χ1n) is 1.10. The molecule has 0 saturated heterocycles. The molecule has 0 aromatic rings. The van der Waals surface area contributed by atoms with Crippen molar-refractivity contribution in [2.75, 3.05) is 0 Å². The molecule has 0 spiro atoms. The molecule has 3 N–H and O–H groups in total. The number of nitrogens with one attached hydrogen (secondary N) is 1. The van der Waals surface area contributed by atoms with Crippen molar-refractivity contribution in [3.63, 3.8) is 0 Å². The van der Waals surface area contributed by atoms with Crippen molar-refractivity contribution in [1.29, 1.82) is 5.26 Å². The molecule has 0 aliphatic heterocycles. The summed E-state index contributed by atoms with van der Waals surface area (Å²) < 4.78 is 0. The molecule has 0 aromatic carbocycles. The van der Waals surface area contributed by atoms with Gasteiger partial charge in [0.1, 0.15) is 0 Å². The minimum Gasteiger partial charge on any atom is -0.333 e. The lowest BCUT2D eigenvalue weighted by atomic mass is 11.5. The number of hydrogen-bond acceptors (Lipinski definition) is 4. The summed E-state index contributed by atoms with van der Waals surface area (Å²) in [4.78, 5) is 15.7. The van der Waals surface area contributed by atoms with Crippen LogP contribution in [0.4, 0.5) is 0 Å². The molecule has 0 aliphatic rings. The van der Waals surface area contributed by atoms with E-state index in [0.717, 1.165) is 0 Å². The average Bonchev–Trinajstić information content (AvgIpc) is 1.35. The maximum atomic E-state index is 7.84. The van der Waals surface area contributed by atoms with Crippen LogP contribution in [0.1, 0.15) is 0 Å². The van der Waals surface area contributed by atoms with E-state index in [1.165, 1.54) is 6.19 Å². The Morgan fingerprint density at radius 1 is 1.67 bits per heavy atom. The van der Waals surface area contributed by atoms with E-state index in [0.29, 0.717) is 0 Å². The van der Waals surface area contributed by atoms with Crippen molar-refractivity contribution in [2.24, 2.45) is 0 Å². The van der Waals surface area contributed by atoms with Crippen LogP contribution >= 0.6 is 8.53 Å². The van der Waals surface area contributed by atoms with Crippen LogP contribution in [0.5, 0.6) is 0 Å². The van der Waals surface area contributed by atoms with Crippen molar-refractivity contribution >= 4 is 8.53 Å². The molecule has 0 fully saturated rings. The average molecular weight is 106 g/mol. The minimum absolute atomic E-state index is 1.35. The molecule has 0 bridgehead atoms. The highest BCUT2D eigenvalue weighted by Crippen LogP contribution is 2.12. The Morgan fingerprint density at radius 3 is 2.17 bits per heavy atom. The molecule has 0 heterocycles. The van der Waals surface area contributed by atoms with Crippen molar-refractivity contribution in [1.82, 2.24) is 5.09 Å². The van der Waals surface area contributed by atoms with Gasteiger partial charge in [-0.2, -0.15) is 5.26 Å². The van der Waals surface area contributed by atoms with Crippen molar-refractivity contribution in [3.8, 4) is 6.19 Å². The number of nitriles is 1. The SMILES string of the molecule is N#CNP(O)O. The van der Waals surface area contributed by atoms with Gasteiger partial charge in [-0.1, -0.05) is 0 Å². The highest BCUT2D eigenvalue weighted by atomic mass is 31.2. The monoisotopic (exact) mass is 106 g/mol. The molecular weight excluding hydrogens is 103 g/mol. The number of hydrogen-bond donors (Lipinski definition) is 3. The molecule has 4 nitrogen and oxygen atoms in total. The standard InChI is InChI=1S/CH3N2O2P/c2-1-3-6(4)5/h3-5H. The van der Waals surface area contributed by atoms with E-state index in [2.05, 4.69) is 0 Å². The Labute approximate surface area is 36.0 Å². The van der Waals surface area contributed by atoms with Gasteiger partial charge < -0.3 is 9.79 Å². The van der Waals surface area contributed by atoms with E-state index >= 15 is 0 Å². The third-order valence-electron chi connectivity index (χ3n) is 0.150. The topological polar surface area (TPSA) is 76.3 Å². The van der Waals surface area contributed by atoms with Crippen LogP contribution in [0.15, 0.2) is 0 Å². The predicted octanol–water partition coefficient (Wildman–Crippen LogP) is -0.731. The maximum absolute atomic E-state index is 7.84. The Morgan fingerprint density at radius 2 is 2.17 bits per heavy atom. The van der Waals surface area contributed by atoms with Gasteiger partial charge in [-0.15, -0.1) is 0 Å². The molecule has 0 atom stereocenters. The summed E-state index contributed by atoms with van der Waals surface area (Å²) in [5.74, 6) is 0. The van der Waals surface area contributed by atoms with Gasteiger partial charge in [-0.3, -0.25) is 5.09 Å². The summed E-state index contributed by atoms with van der Waals surface area (Å²) in [6.45, 7) is 0. The Balaban J connectivity index is 2.88. The molecular formula is CH3N2O2P. The second-order valence-electron chi connectivity index (χ2n) is 0.513. The Hall–Kier alpha value is -0.360. The first-order valence-corrected chi connectivity index (χ1v) is 2.34. The van der Waals surface area contributed by atoms with Crippen molar-refractivity contribution in [2.45, 2.75) is 0 Å². The van der Waals surface area contributed by atoms with Gasteiger partial charge in [0, 0.05) is 0 Å². The zero-order valence-corrected chi connectivity index (χ0v) is 3.68. The van der Waals surface area contributed by atoms with E-state index in [-0.39, 0.29) is 0 Å². The summed E-state index contributed by atoms with van der Waals surface area (Å²) in [6, 6.07) is 0. The lowest BCUT2D eigenvalue weighted by Gasteiger charge is -1.89. The van der Waals surface area contributed by atoms with Crippen LogP contribution in [0.25, 0.3) is 0 Å². The third kappa shape index (κ3) is 3.64. The zero-order chi connectivity index (χ0) is 4.99.